The van der Waals surface area contributed by atoms with E-state index in [9.17, 15) is 4.57 Å². The number of hydrogen-bond donors (Lipinski definition) is 0. The Morgan fingerprint density at radius 3 is 2.46 bits per heavy atom. The van der Waals surface area contributed by atoms with Crippen molar-refractivity contribution in [3.63, 3.8) is 0 Å². The van der Waals surface area contributed by atoms with Crippen LogP contribution in [0.4, 0.5) is 0 Å². The van der Waals surface area contributed by atoms with Crippen LogP contribution in [0, 0.1) is 0 Å². The molecule has 1 aromatic heterocycles. The second kappa shape index (κ2) is 4.56. The molecule has 0 unspecified atom stereocenters. The molecule has 13 heavy (non-hydrogen) atoms. The molecule has 0 fully saturated rings. The zero-order valence-electron chi connectivity index (χ0n) is 7.60. The van der Waals surface area contributed by atoms with E-state index in [0.29, 0.717) is 13.2 Å². The van der Waals surface area contributed by atoms with Crippen LogP contribution < -0.4 is 5.63 Å². The predicted octanol–water partition coefficient (Wildman–Crippen LogP) is 1.57. The van der Waals surface area contributed by atoms with Crippen LogP contribution in [0.5, 0.6) is 0 Å². The molecule has 0 saturated carbocycles. The molecule has 1 rings (SSSR count). The largest absolute Gasteiger partial charge is 0.439 e. The van der Waals surface area contributed by atoms with E-state index in [1.165, 1.54) is 12.5 Å². The van der Waals surface area contributed by atoms with Crippen LogP contribution in [-0.4, -0.2) is 18.2 Å². The lowest BCUT2D eigenvalue weighted by molar-refractivity contribution is 0.224. The molecule has 6 heteroatoms. The molecule has 1 heterocycles. The Bertz CT molecular complexity index is 275. The Morgan fingerprint density at radius 2 is 2.08 bits per heavy atom. The molecule has 5 nitrogen and oxygen atoms in total. The summed E-state index contributed by atoms with van der Waals surface area (Å²) in [5.41, 5.74) is 0.0104. The molecule has 0 N–H and O–H groups in total. The van der Waals surface area contributed by atoms with Gasteiger partial charge in [0.15, 0.2) is 0 Å². The molecule has 0 atom stereocenters. The molecule has 74 valence electrons. The molecular formula is C7H12NO4P. The minimum atomic E-state index is -3.30. The van der Waals surface area contributed by atoms with Crippen LogP contribution in [0.25, 0.3) is 0 Å². The summed E-state index contributed by atoms with van der Waals surface area (Å²) < 4.78 is 26.7. The van der Waals surface area contributed by atoms with Crippen molar-refractivity contribution in [3.05, 3.63) is 12.5 Å². The highest BCUT2D eigenvalue weighted by molar-refractivity contribution is 7.61. The van der Waals surface area contributed by atoms with Gasteiger partial charge in [0.05, 0.1) is 19.4 Å². The van der Waals surface area contributed by atoms with Gasteiger partial charge in [0, 0.05) is 0 Å². The predicted molar refractivity (Wildman–Crippen MR) is 47.0 cm³/mol. The fraction of sp³-hybridized carbons (Fsp3) is 0.571. The summed E-state index contributed by atoms with van der Waals surface area (Å²) in [7, 11) is -3.30. The Hall–Kier alpha value is -0.640. The molecule has 0 bridgehead atoms. The highest BCUT2D eigenvalue weighted by atomic mass is 31.2. The zero-order chi connectivity index (χ0) is 9.73. The average Bonchev–Trinajstić information content (AvgIpc) is 2.57. The fourth-order valence-electron chi connectivity index (χ4n) is 0.839. The van der Waals surface area contributed by atoms with Crippen molar-refractivity contribution < 1.29 is 18.0 Å². The van der Waals surface area contributed by atoms with Crippen molar-refractivity contribution in [1.29, 1.82) is 0 Å². The van der Waals surface area contributed by atoms with Crippen molar-refractivity contribution in [2.45, 2.75) is 13.8 Å². The van der Waals surface area contributed by atoms with Gasteiger partial charge in [0.1, 0.15) is 6.26 Å². The van der Waals surface area contributed by atoms with Crippen LogP contribution in [0.2, 0.25) is 0 Å². The van der Waals surface area contributed by atoms with Gasteiger partial charge in [-0.3, -0.25) is 0 Å². The molecule has 0 aliphatic carbocycles. The van der Waals surface area contributed by atoms with E-state index in [0.717, 1.165) is 0 Å². The fourth-order valence-corrected chi connectivity index (χ4v) is 2.21. The van der Waals surface area contributed by atoms with Gasteiger partial charge < -0.3 is 13.5 Å². The summed E-state index contributed by atoms with van der Waals surface area (Å²) >= 11 is 0. The second-order valence-electron chi connectivity index (χ2n) is 2.15. The molecule has 0 aliphatic heterocycles. The molecule has 0 radical (unpaired) electrons. The highest BCUT2D eigenvalue weighted by Gasteiger charge is 2.31. The summed E-state index contributed by atoms with van der Waals surface area (Å²) in [6.45, 7) is 4.04. The number of nitrogens with zero attached hydrogens (tertiary/aromatic N) is 1. The molecule has 0 amide bonds. The first-order chi connectivity index (χ1) is 6.23. The van der Waals surface area contributed by atoms with Crippen LogP contribution >= 0.6 is 7.60 Å². The number of rotatable bonds is 5. The van der Waals surface area contributed by atoms with E-state index in [-0.39, 0.29) is 5.63 Å². The van der Waals surface area contributed by atoms with E-state index in [1.807, 2.05) is 0 Å². The number of hydrogen-bond acceptors (Lipinski definition) is 5. The van der Waals surface area contributed by atoms with Crippen molar-refractivity contribution in [2.75, 3.05) is 13.2 Å². The van der Waals surface area contributed by atoms with Crippen molar-refractivity contribution in [1.82, 2.24) is 4.98 Å². The minimum Gasteiger partial charge on any atom is -0.439 e. The smallest absolute Gasteiger partial charge is 0.416 e. The Morgan fingerprint density at radius 1 is 1.46 bits per heavy atom. The van der Waals surface area contributed by atoms with Crippen molar-refractivity contribution in [3.8, 4) is 0 Å². The van der Waals surface area contributed by atoms with Crippen LogP contribution in [0.3, 0.4) is 0 Å². The molecule has 0 saturated heterocycles. The van der Waals surface area contributed by atoms with Gasteiger partial charge in [-0.05, 0) is 13.8 Å². The van der Waals surface area contributed by atoms with Gasteiger partial charge in [0.2, 0.25) is 0 Å². The van der Waals surface area contributed by atoms with Crippen LogP contribution in [-0.2, 0) is 13.6 Å². The van der Waals surface area contributed by atoms with Crippen molar-refractivity contribution >= 4 is 13.2 Å². The van der Waals surface area contributed by atoms with E-state index < -0.39 is 7.60 Å². The van der Waals surface area contributed by atoms with E-state index in [2.05, 4.69) is 4.98 Å². The van der Waals surface area contributed by atoms with Gasteiger partial charge >= 0.3 is 13.2 Å². The first-order valence-electron chi connectivity index (χ1n) is 4.02. The molecular weight excluding hydrogens is 193 g/mol. The standard InChI is InChI=1S/C7H12NO4P/c1-3-11-13(9,12-4-2)7-8-5-6-10-7/h5-6H,3-4H2,1-2H3. The van der Waals surface area contributed by atoms with Gasteiger partial charge in [-0.25, -0.2) is 9.55 Å². The maximum Gasteiger partial charge on any atom is 0.416 e. The lowest BCUT2D eigenvalue weighted by Gasteiger charge is -2.12. The highest BCUT2D eigenvalue weighted by Crippen LogP contribution is 2.45. The van der Waals surface area contributed by atoms with Gasteiger partial charge in [-0.1, -0.05) is 0 Å². The number of aromatic nitrogens is 1. The third kappa shape index (κ3) is 2.40. The lowest BCUT2D eigenvalue weighted by Crippen LogP contribution is -2.11. The Balaban J connectivity index is 2.85. The summed E-state index contributed by atoms with van der Waals surface area (Å²) in [6.07, 6.45) is 2.74. The Labute approximate surface area is 76.6 Å². The summed E-state index contributed by atoms with van der Waals surface area (Å²) in [5, 5.41) is 0. The summed E-state index contributed by atoms with van der Waals surface area (Å²) in [6, 6.07) is 0. The first kappa shape index (κ1) is 10.4. The minimum absolute atomic E-state index is 0.0104. The van der Waals surface area contributed by atoms with E-state index >= 15 is 0 Å². The van der Waals surface area contributed by atoms with Crippen molar-refractivity contribution in [2.24, 2.45) is 0 Å². The Kier molecular flexibility index (Phi) is 3.66. The number of oxazole rings is 1. The van der Waals surface area contributed by atoms with Gasteiger partial charge in [-0.15, -0.1) is 0 Å². The third-order valence-electron chi connectivity index (χ3n) is 1.25. The topological polar surface area (TPSA) is 61.6 Å². The quantitative estimate of drug-likeness (QED) is 0.682. The molecule has 0 spiro atoms. The SMILES string of the molecule is CCOP(=O)(OCC)c1ncco1. The maximum absolute atomic E-state index is 11.9. The monoisotopic (exact) mass is 205 g/mol. The average molecular weight is 205 g/mol. The first-order valence-corrected chi connectivity index (χ1v) is 5.56. The molecule has 0 aromatic carbocycles. The van der Waals surface area contributed by atoms with Gasteiger partial charge in [0.25, 0.3) is 0 Å². The normalized spacial score (nSPS) is 11.8. The lowest BCUT2D eigenvalue weighted by atomic mass is 10.9. The maximum atomic E-state index is 11.9. The van der Waals surface area contributed by atoms with Gasteiger partial charge in [-0.2, -0.15) is 0 Å². The summed E-state index contributed by atoms with van der Waals surface area (Å²) in [5.74, 6) is 0. The van der Waals surface area contributed by atoms with E-state index in [1.54, 1.807) is 13.8 Å². The third-order valence-corrected chi connectivity index (χ3v) is 3.14. The van der Waals surface area contributed by atoms with Crippen LogP contribution in [0.15, 0.2) is 16.9 Å². The second-order valence-corrected chi connectivity index (χ2v) is 4.04. The van der Waals surface area contributed by atoms with Crippen LogP contribution in [0.1, 0.15) is 13.8 Å². The van der Waals surface area contributed by atoms with E-state index in [4.69, 9.17) is 13.5 Å². The molecule has 0 aliphatic rings. The molecule has 1 aromatic rings. The zero-order valence-corrected chi connectivity index (χ0v) is 8.49. The summed E-state index contributed by atoms with van der Waals surface area (Å²) in [4.78, 5) is 3.75.